The molecule has 0 aliphatic carbocycles. The summed E-state index contributed by atoms with van der Waals surface area (Å²) in [6, 6.07) is 7.71. The Balaban J connectivity index is 1.66. The van der Waals surface area contributed by atoms with E-state index in [1.54, 1.807) is 24.3 Å². The standard InChI is InChI=1S/C20H17BrFNO5S/c21-12-5-7-15(22)14(10-12)16-8-6-13(28-16)11-17-19(26)23(20(27)29-17)9-3-1-2-4-18(24)25/h5-8,10-11H,1-4,9H2,(H,24,25)/b17-11-. The van der Waals surface area contributed by atoms with Gasteiger partial charge in [-0.2, -0.15) is 0 Å². The minimum Gasteiger partial charge on any atom is -0.481 e. The smallest absolute Gasteiger partial charge is 0.303 e. The number of hydrogen-bond acceptors (Lipinski definition) is 5. The fourth-order valence-electron chi connectivity index (χ4n) is 2.81. The Bertz CT molecular complexity index is 987. The van der Waals surface area contributed by atoms with E-state index in [0.717, 1.165) is 16.7 Å². The zero-order chi connectivity index (χ0) is 21.0. The molecule has 1 fully saturated rings. The van der Waals surface area contributed by atoms with Crippen LogP contribution in [-0.4, -0.2) is 33.7 Å². The molecule has 2 amide bonds. The van der Waals surface area contributed by atoms with Crippen molar-refractivity contribution in [3.63, 3.8) is 0 Å². The van der Waals surface area contributed by atoms with Crippen molar-refractivity contribution < 1.29 is 28.3 Å². The molecule has 0 atom stereocenters. The number of carboxylic acids is 1. The molecule has 1 aromatic carbocycles. The van der Waals surface area contributed by atoms with Crippen molar-refractivity contribution in [1.29, 1.82) is 0 Å². The van der Waals surface area contributed by atoms with Crippen LogP contribution < -0.4 is 0 Å². The number of furan rings is 1. The van der Waals surface area contributed by atoms with Gasteiger partial charge in [-0.05, 0) is 54.9 Å². The average Bonchev–Trinajstić information content (AvgIpc) is 3.23. The minimum absolute atomic E-state index is 0.0706. The minimum atomic E-state index is -0.861. The lowest BCUT2D eigenvalue weighted by Crippen LogP contribution is -2.29. The van der Waals surface area contributed by atoms with Crippen LogP contribution in [0.25, 0.3) is 17.4 Å². The van der Waals surface area contributed by atoms with E-state index in [2.05, 4.69) is 15.9 Å². The Morgan fingerprint density at radius 3 is 2.76 bits per heavy atom. The molecule has 0 spiro atoms. The third-order valence-corrected chi connectivity index (χ3v) is 5.64. The molecule has 3 rings (SSSR count). The number of nitrogens with zero attached hydrogens (tertiary/aromatic N) is 1. The molecule has 29 heavy (non-hydrogen) atoms. The summed E-state index contributed by atoms with van der Waals surface area (Å²) in [6.07, 6.45) is 3.21. The topological polar surface area (TPSA) is 87.8 Å². The quantitative estimate of drug-likeness (QED) is 0.393. The molecule has 0 unspecified atom stereocenters. The summed E-state index contributed by atoms with van der Waals surface area (Å²) < 4.78 is 20.4. The lowest BCUT2D eigenvalue weighted by Gasteiger charge is -2.11. The maximum Gasteiger partial charge on any atom is 0.303 e. The second kappa shape index (κ2) is 9.41. The van der Waals surface area contributed by atoms with Gasteiger partial charge in [0.05, 0.1) is 10.5 Å². The van der Waals surface area contributed by atoms with Crippen molar-refractivity contribution >= 4 is 50.9 Å². The summed E-state index contributed by atoms with van der Waals surface area (Å²) in [6.45, 7) is 0.244. The number of hydrogen-bond donors (Lipinski definition) is 1. The summed E-state index contributed by atoms with van der Waals surface area (Å²) in [5.74, 6) is -1.05. The second-order valence-electron chi connectivity index (χ2n) is 6.36. The molecule has 0 bridgehead atoms. The van der Waals surface area contributed by atoms with Gasteiger partial charge in [0, 0.05) is 23.5 Å². The van der Waals surface area contributed by atoms with Crippen molar-refractivity contribution in [3.05, 3.63) is 51.3 Å². The molecule has 0 radical (unpaired) electrons. The first-order chi connectivity index (χ1) is 13.8. The van der Waals surface area contributed by atoms with Crippen LogP contribution in [0.4, 0.5) is 9.18 Å². The van der Waals surface area contributed by atoms with E-state index >= 15 is 0 Å². The highest BCUT2D eigenvalue weighted by molar-refractivity contribution is 9.10. The van der Waals surface area contributed by atoms with E-state index in [0.29, 0.717) is 35.3 Å². The number of halogens is 2. The number of benzene rings is 1. The Labute approximate surface area is 178 Å². The lowest BCUT2D eigenvalue weighted by atomic mass is 10.1. The van der Waals surface area contributed by atoms with Crippen molar-refractivity contribution in [2.24, 2.45) is 0 Å². The summed E-state index contributed by atoms with van der Waals surface area (Å²) >= 11 is 4.11. The van der Waals surface area contributed by atoms with Crippen LogP contribution in [0, 0.1) is 5.82 Å². The predicted octanol–water partition coefficient (Wildman–Crippen LogP) is 5.53. The molecule has 0 saturated carbocycles. The average molecular weight is 482 g/mol. The van der Waals surface area contributed by atoms with Crippen LogP contribution in [0.2, 0.25) is 0 Å². The maximum absolute atomic E-state index is 14.0. The summed E-state index contributed by atoms with van der Waals surface area (Å²) in [5, 5.41) is 8.25. The van der Waals surface area contributed by atoms with Gasteiger partial charge in [0.25, 0.3) is 11.1 Å². The van der Waals surface area contributed by atoms with E-state index in [9.17, 15) is 18.8 Å². The Morgan fingerprint density at radius 2 is 2.00 bits per heavy atom. The van der Waals surface area contributed by atoms with Gasteiger partial charge in [0.2, 0.25) is 0 Å². The summed E-state index contributed by atoms with van der Waals surface area (Å²) in [5.41, 5.74) is 0.286. The van der Waals surface area contributed by atoms with E-state index in [-0.39, 0.29) is 28.7 Å². The molecule has 9 heteroatoms. The summed E-state index contributed by atoms with van der Waals surface area (Å²) in [7, 11) is 0. The van der Waals surface area contributed by atoms with Gasteiger partial charge in [0.15, 0.2) is 0 Å². The van der Waals surface area contributed by atoms with Gasteiger partial charge < -0.3 is 9.52 Å². The normalized spacial score (nSPS) is 15.5. The number of unbranched alkanes of at least 4 members (excludes halogenated alkanes) is 2. The zero-order valence-corrected chi connectivity index (χ0v) is 17.6. The first-order valence-electron chi connectivity index (χ1n) is 8.87. The lowest BCUT2D eigenvalue weighted by molar-refractivity contribution is -0.137. The van der Waals surface area contributed by atoms with Crippen LogP contribution in [0.3, 0.4) is 0 Å². The van der Waals surface area contributed by atoms with Crippen molar-refractivity contribution in [2.45, 2.75) is 25.7 Å². The molecular weight excluding hydrogens is 465 g/mol. The zero-order valence-electron chi connectivity index (χ0n) is 15.2. The van der Waals surface area contributed by atoms with Crippen LogP contribution >= 0.6 is 27.7 Å². The molecule has 1 aliphatic heterocycles. The van der Waals surface area contributed by atoms with Gasteiger partial charge in [-0.3, -0.25) is 19.3 Å². The van der Waals surface area contributed by atoms with E-state index in [1.807, 2.05) is 0 Å². The van der Waals surface area contributed by atoms with Crippen molar-refractivity contribution in [3.8, 4) is 11.3 Å². The SMILES string of the molecule is O=C(O)CCCCCN1C(=O)S/C(=C\c2ccc(-c3cc(Br)ccc3F)o2)C1=O. The predicted molar refractivity (Wildman–Crippen MR) is 111 cm³/mol. The Hall–Kier alpha value is -2.39. The number of imide groups is 1. The van der Waals surface area contributed by atoms with E-state index in [1.165, 1.54) is 12.1 Å². The third-order valence-electron chi connectivity index (χ3n) is 4.24. The van der Waals surface area contributed by atoms with Crippen LogP contribution in [0.1, 0.15) is 31.4 Å². The number of carbonyl (C=O) groups is 3. The third kappa shape index (κ3) is 5.36. The van der Waals surface area contributed by atoms with Crippen LogP contribution in [-0.2, 0) is 9.59 Å². The molecule has 2 aromatic rings. The molecule has 6 nitrogen and oxygen atoms in total. The monoisotopic (exact) mass is 481 g/mol. The number of carbonyl (C=O) groups excluding carboxylic acids is 2. The van der Waals surface area contributed by atoms with Crippen molar-refractivity contribution in [2.75, 3.05) is 6.54 Å². The van der Waals surface area contributed by atoms with Crippen LogP contribution in [0.5, 0.6) is 0 Å². The van der Waals surface area contributed by atoms with Crippen molar-refractivity contribution in [1.82, 2.24) is 4.90 Å². The molecule has 1 aliphatic rings. The number of rotatable bonds is 8. The van der Waals surface area contributed by atoms with E-state index in [4.69, 9.17) is 9.52 Å². The highest BCUT2D eigenvalue weighted by Crippen LogP contribution is 2.34. The Kier molecular flexibility index (Phi) is 6.92. The number of amides is 2. The highest BCUT2D eigenvalue weighted by atomic mass is 79.9. The first kappa shape index (κ1) is 21.3. The molecule has 152 valence electrons. The fourth-order valence-corrected chi connectivity index (χ4v) is 4.01. The maximum atomic E-state index is 14.0. The van der Waals surface area contributed by atoms with Gasteiger partial charge in [0.1, 0.15) is 17.3 Å². The fraction of sp³-hybridized carbons (Fsp3) is 0.250. The second-order valence-corrected chi connectivity index (χ2v) is 8.27. The molecule has 1 N–H and O–H groups in total. The van der Waals surface area contributed by atoms with Crippen LogP contribution in [0.15, 0.2) is 44.1 Å². The molecule has 2 heterocycles. The van der Waals surface area contributed by atoms with E-state index < -0.39 is 17.7 Å². The molecule has 1 aromatic heterocycles. The van der Waals surface area contributed by atoms with Gasteiger partial charge in [-0.15, -0.1) is 0 Å². The number of thioether (sulfide) groups is 1. The van der Waals surface area contributed by atoms with Gasteiger partial charge >= 0.3 is 5.97 Å². The van der Waals surface area contributed by atoms with Gasteiger partial charge in [-0.25, -0.2) is 4.39 Å². The first-order valence-corrected chi connectivity index (χ1v) is 10.5. The Morgan fingerprint density at radius 1 is 1.21 bits per heavy atom. The summed E-state index contributed by atoms with van der Waals surface area (Å²) in [4.78, 5) is 36.5. The number of carboxylic acid groups (broad SMARTS) is 1. The van der Waals surface area contributed by atoms with Gasteiger partial charge in [-0.1, -0.05) is 22.4 Å². The molecule has 1 saturated heterocycles. The highest BCUT2D eigenvalue weighted by Gasteiger charge is 2.34. The largest absolute Gasteiger partial charge is 0.481 e. The molecular formula is C20H17BrFNO5S. The number of aliphatic carboxylic acids is 1.